The Labute approximate surface area is 70.2 Å². The second-order valence-corrected chi connectivity index (χ2v) is 2.71. The number of ketones is 1. The fourth-order valence-electron chi connectivity index (χ4n) is 1.05. The van der Waals surface area contributed by atoms with Crippen LogP contribution in [-0.2, 0) is 0 Å². The van der Waals surface area contributed by atoms with Gasteiger partial charge in [-0.3, -0.25) is 4.79 Å². The minimum Gasteiger partial charge on any atom is -0.398 e. The monoisotopic (exact) mass is 167 g/mol. The molecule has 0 amide bonds. The van der Waals surface area contributed by atoms with E-state index in [1.165, 1.54) is 13.0 Å². The van der Waals surface area contributed by atoms with Gasteiger partial charge >= 0.3 is 0 Å². The van der Waals surface area contributed by atoms with Crippen molar-refractivity contribution in [3.05, 3.63) is 29.1 Å². The Morgan fingerprint density at radius 2 is 2.08 bits per heavy atom. The Bertz CT molecular complexity index is 334. The quantitative estimate of drug-likeness (QED) is 0.513. The Morgan fingerprint density at radius 1 is 1.50 bits per heavy atom. The molecule has 2 nitrogen and oxygen atoms in total. The molecule has 12 heavy (non-hydrogen) atoms. The van der Waals surface area contributed by atoms with Crippen LogP contribution in [-0.4, -0.2) is 5.78 Å². The number of rotatable bonds is 1. The van der Waals surface area contributed by atoms with E-state index >= 15 is 0 Å². The van der Waals surface area contributed by atoms with Crippen LogP contribution in [0.1, 0.15) is 22.8 Å². The average molecular weight is 167 g/mol. The zero-order valence-corrected chi connectivity index (χ0v) is 7.02. The highest BCUT2D eigenvalue weighted by atomic mass is 19.1. The van der Waals surface area contributed by atoms with Crippen molar-refractivity contribution in [2.75, 3.05) is 5.73 Å². The summed E-state index contributed by atoms with van der Waals surface area (Å²) in [4.78, 5) is 10.9. The van der Waals surface area contributed by atoms with Crippen LogP contribution in [0.3, 0.4) is 0 Å². The number of hydrogen-bond acceptors (Lipinski definition) is 2. The summed E-state index contributed by atoms with van der Waals surface area (Å²) in [6.45, 7) is 3.04. The molecule has 1 rings (SSSR count). The highest BCUT2D eigenvalue weighted by molar-refractivity contribution is 5.99. The predicted octanol–water partition coefficient (Wildman–Crippen LogP) is 1.92. The van der Waals surface area contributed by atoms with Crippen LogP contribution in [0.5, 0.6) is 0 Å². The van der Waals surface area contributed by atoms with E-state index in [2.05, 4.69) is 0 Å². The van der Waals surface area contributed by atoms with Gasteiger partial charge < -0.3 is 5.73 Å². The summed E-state index contributed by atoms with van der Waals surface area (Å²) >= 11 is 0. The first-order valence-corrected chi connectivity index (χ1v) is 3.59. The molecule has 0 heterocycles. The molecule has 0 aliphatic carbocycles. The molecule has 0 spiro atoms. The van der Waals surface area contributed by atoms with E-state index in [0.717, 1.165) is 5.56 Å². The highest BCUT2D eigenvalue weighted by Gasteiger charge is 2.12. The van der Waals surface area contributed by atoms with Gasteiger partial charge in [-0.1, -0.05) is 6.07 Å². The van der Waals surface area contributed by atoms with Crippen LogP contribution in [0.4, 0.5) is 10.1 Å². The molecule has 0 unspecified atom stereocenters. The van der Waals surface area contributed by atoms with E-state index in [1.807, 2.05) is 0 Å². The number of carbonyl (C=O) groups is 1. The normalized spacial score (nSPS) is 9.92. The zero-order valence-electron chi connectivity index (χ0n) is 7.02. The third kappa shape index (κ3) is 1.30. The number of nitrogen functional groups attached to an aromatic ring is 1. The van der Waals surface area contributed by atoms with Gasteiger partial charge in [-0.15, -0.1) is 0 Å². The molecule has 0 aliphatic heterocycles. The molecule has 2 N–H and O–H groups in total. The molecule has 0 fully saturated rings. The first kappa shape index (κ1) is 8.71. The lowest BCUT2D eigenvalue weighted by Gasteiger charge is -2.05. The van der Waals surface area contributed by atoms with Gasteiger partial charge in [0.15, 0.2) is 5.78 Å². The molecular weight excluding hydrogens is 157 g/mol. The maximum atomic E-state index is 13.0. The van der Waals surface area contributed by atoms with Crippen LogP contribution < -0.4 is 5.73 Å². The number of anilines is 1. The summed E-state index contributed by atoms with van der Waals surface area (Å²) in [7, 11) is 0. The van der Waals surface area contributed by atoms with Crippen molar-refractivity contribution in [3.63, 3.8) is 0 Å². The van der Waals surface area contributed by atoms with Crippen LogP contribution in [0.25, 0.3) is 0 Å². The van der Waals surface area contributed by atoms with E-state index in [0.29, 0.717) is 0 Å². The molecule has 0 saturated heterocycles. The van der Waals surface area contributed by atoms with Crippen molar-refractivity contribution in [2.24, 2.45) is 0 Å². The second-order valence-electron chi connectivity index (χ2n) is 2.71. The van der Waals surface area contributed by atoms with Crippen molar-refractivity contribution in [3.8, 4) is 0 Å². The maximum absolute atomic E-state index is 13.0. The molecule has 0 aromatic heterocycles. The number of carbonyl (C=O) groups excluding carboxylic acids is 1. The van der Waals surface area contributed by atoms with Crippen LogP contribution >= 0.6 is 0 Å². The third-order valence-corrected chi connectivity index (χ3v) is 1.76. The summed E-state index contributed by atoms with van der Waals surface area (Å²) in [5, 5.41) is 0. The molecule has 0 aliphatic rings. The summed E-state index contributed by atoms with van der Waals surface area (Å²) in [5.74, 6) is -0.890. The number of aryl methyl sites for hydroxylation is 1. The number of hydrogen-bond donors (Lipinski definition) is 1. The summed E-state index contributed by atoms with van der Waals surface area (Å²) < 4.78 is 13.0. The van der Waals surface area contributed by atoms with E-state index < -0.39 is 5.82 Å². The van der Waals surface area contributed by atoms with Crippen molar-refractivity contribution in [1.29, 1.82) is 0 Å². The topological polar surface area (TPSA) is 43.1 Å². The smallest absolute Gasteiger partial charge is 0.164 e. The molecule has 0 bridgehead atoms. The molecule has 0 radical (unpaired) electrons. The Morgan fingerprint density at radius 3 is 2.50 bits per heavy atom. The lowest BCUT2D eigenvalue weighted by atomic mass is 10.1. The molecule has 0 saturated carbocycles. The van der Waals surface area contributed by atoms with Gasteiger partial charge in [-0.05, 0) is 25.5 Å². The van der Waals surface area contributed by atoms with Gasteiger partial charge in [0.25, 0.3) is 0 Å². The number of nitrogens with two attached hydrogens (primary N) is 1. The molecular formula is C9H10FNO. The first-order valence-electron chi connectivity index (χ1n) is 3.59. The Kier molecular flexibility index (Phi) is 2.13. The molecule has 64 valence electrons. The maximum Gasteiger partial charge on any atom is 0.164 e. The van der Waals surface area contributed by atoms with Gasteiger partial charge in [-0.25, -0.2) is 4.39 Å². The summed E-state index contributed by atoms with van der Waals surface area (Å²) in [5.41, 5.74) is 6.48. The zero-order chi connectivity index (χ0) is 9.30. The van der Waals surface area contributed by atoms with Crippen molar-refractivity contribution in [2.45, 2.75) is 13.8 Å². The van der Waals surface area contributed by atoms with Gasteiger partial charge in [0.2, 0.25) is 0 Å². The van der Waals surface area contributed by atoms with E-state index in [9.17, 15) is 9.18 Å². The van der Waals surface area contributed by atoms with E-state index in [4.69, 9.17) is 5.73 Å². The van der Waals surface area contributed by atoms with Crippen molar-refractivity contribution < 1.29 is 9.18 Å². The fraction of sp³-hybridized carbons (Fsp3) is 0.222. The SMILES string of the molecule is CC(=O)c1c(F)ccc(C)c1N. The Hall–Kier alpha value is -1.38. The molecule has 0 atom stereocenters. The predicted molar refractivity (Wildman–Crippen MR) is 45.6 cm³/mol. The number of Topliss-reactive ketones (excluding diaryl/α,β-unsaturated/α-hetero) is 1. The van der Waals surface area contributed by atoms with Gasteiger partial charge in [0.05, 0.1) is 5.56 Å². The molecule has 3 heteroatoms. The largest absolute Gasteiger partial charge is 0.398 e. The van der Waals surface area contributed by atoms with E-state index in [1.54, 1.807) is 13.0 Å². The van der Waals surface area contributed by atoms with Crippen LogP contribution in [0.2, 0.25) is 0 Å². The van der Waals surface area contributed by atoms with Crippen LogP contribution in [0, 0.1) is 12.7 Å². The summed E-state index contributed by atoms with van der Waals surface area (Å²) in [6, 6.07) is 2.81. The van der Waals surface area contributed by atoms with Crippen molar-refractivity contribution in [1.82, 2.24) is 0 Å². The number of benzene rings is 1. The average Bonchev–Trinajstić information content (AvgIpc) is 1.97. The summed E-state index contributed by atoms with van der Waals surface area (Å²) in [6.07, 6.45) is 0. The first-order chi connectivity index (χ1) is 5.54. The standard InChI is InChI=1S/C9H10FNO/c1-5-3-4-7(10)8(6(2)12)9(5)11/h3-4H,11H2,1-2H3. The molecule has 1 aromatic carbocycles. The lowest BCUT2D eigenvalue weighted by molar-refractivity contribution is 0.101. The van der Waals surface area contributed by atoms with Crippen molar-refractivity contribution >= 4 is 11.5 Å². The van der Waals surface area contributed by atoms with Gasteiger partial charge in [0.1, 0.15) is 5.82 Å². The minimum absolute atomic E-state index is 0.00463. The second kappa shape index (κ2) is 2.93. The van der Waals surface area contributed by atoms with E-state index in [-0.39, 0.29) is 17.0 Å². The third-order valence-electron chi connectivity index (χ3n) is 1.76. The number of halogens is 1. The van der Waals surface area contributed by atoms with Gasteiger partial charge in [0, 0.05) is 5.69 Å². The fourth-order valence-corrected chi connectivity index (χ4v) is 1.05. The lowest BCUT2D eigenvalue weighted by Crippen LogP contribution is -2.04. The minimum atomic E-state index is -0.550. The Balaban J connectivity index is 3.43. The highest BCUT2D eigenvalue weighted by Crippen LogP contribution is 2.20. The van der Waals surface area contributed by atoms with Crippen LogP contribution in [0.15, 0.2) is 12.1 Å². The molecule has 1 aromatic rings. The van der Waals surface area contributed by atoms with Gasteiger partial charge in [-0.2, -0.15) is 0 Å².